The standard InChI is InChI=1S/C24H22Cl2F3N3O2/c25-17-7-5-15(6-8-17)20-12-34-32-23(20)31-11-13-1-3-14(4-2-13)18-9-16(24(27,28)29)10-19(21(18)26)22(30)33/h5-10,12-14H,1-4,11H2,(H2,30,33)(H,31,32). The van der Waals surface area contributed by atoms with Crippen LogP contribution in [0.15, 0.2) is 47.2 Å². The number of carbonyl (C=O) groups excluding carboxylic acids is 1. The molecule has 1 aliphatic carbocycles. The molecule has 0 unspecified atom stereocenters. The fraction of sp³-hybridized carbons (Fsp3) is 0.333. The minimum absolute atomic E-state index is 0.0114. The number of alkyl halides is 3. The highest BCUT2D eigenvalue weighted by molar-refractivity contribution is 6.34. The van der Waals surface area contributed by atoms with Crippen molar-refractivity contribution in [2.75, 3.05) is 11.9 Å². The average molecular weight is 512 g/mol. The first-order valence-corrected chi connectivity index (χ1v) is 11.5. The van der Waals surface area contributed by atoms with Crippen molar-refractivity contribution in [3.63, 3.8) is 0 Å². The van der Waals surface area contributed by atoms with E-state index in [2.05, 4.69) is 10.5 Å². The highest BCUT2D eigenvalue weighted by Gasteiger charge is 2.34. The predicted molar refractivity (Wildman–Crippen MR) is 125 cm³/mol. The van der Waals surface area contributed by atoms with Crippen molar-refractivity contribution in [1.29, 1.82) is 0 Å². The van der Waals surface area contributed by atoms with Crippen LogP contribution < -0.4 is 11.1 Å². The Kier molecular flexibility index (Phi) is 7.09. The maximum atomic E-state index is 13.4. The molecule has 34 heavy (non-hydrogen) atoms. The molecule has 0 spiro atoms. The lowest BCUT2D eigenvalue weighted by Gasteiger charge is -2.30. The van der Waals surface area contributed by atoms with Crippen molar-refractivity contribution >= 4 is 34.9 Å². The van der Waals surface area contributed by atoms with Crippen molar-refractivity contribution in [2.45, 2.75) is 37.8 Å². The minimum Gasteiger partial charge on any atom is -0.366 e. The Bertz CT molecular complexity index is 1170. The second-order valence-corrected chi connectivity index (χ2v) is 9.29. The zero-order valence-electron chi connectivity index (χ0n) is 18.0. The molecule has 0 saturated heterocycles. The number of carbonyl (C=O) groups is 1. The number of halogens is 5. The lowest BCUT2D eigenvalue weighted by atomic mass is 9.78. The number of rotatable bonds is 6. The highest BCUT2D eigenvalue weighted by atomic mass is 35.5. The minimum atomic E-state index is -4.59. The number of nitrogens with zero attached hydrogens (tertiary/aromatic N) is 1. The Hall–Kier alpha value is -2.71. The van der Waals surface area contributed by atoms with E-state index in [0.717, 1.165) is 36.1 Å². The number of aromatic nitrogens is 1. The smallest absolute Gasteiger partial charge is 0.366 e. The fourth-order valence-corrected chi connectivity index (χ4v) is 4.89. The number of hydrogen-bond acceptors (Lipinski definition) is 4. The van der Waals surface area contributed by atoms with Gasteiger partial charge in [-0.05, 0) is 72.9 Å². The second-order valence-electron chi connectivity index (χ2n) is 8.47. The van der Waals surface area contributed by atoms with Crippen LogP contribution in [-0.4, -0.2) is 17.6 Å². The molecule has 1 amide bonds. The maximum Gasteiger partial charge on any atom is 0.416 e. The van der Waals surface area contributed by atoms with Gasteiger partial charge < -0.3 is 15.6 Å². The van der Waals surface area contributed by atoms with Crippen LogP contribution in [0, 0.1) is 5.92 Å². The van der Waals surface area contributed by atoms with Gasteiger partial charge in [0.1, 0.15) is 6.26 Å². The second kappa shape index (κ2) is 9.88. The van der Waals surface area contributed by atoms with E-state index in [4.69, 9.17) is 33.5 Å². The summed E-state index contributed by atoms with van der Waals surface area (Å²) in [5.74, 6) is -0.233. The summed E-state index contributed by atoms with van der Waals surface area (Å²) >= 11 is 12.3. The Morgan fingerprint density at radius 1 is 1.12 bits per heavy atom. The van der Waals surface area contributed by atoms with Crippen LogP contribution in [0.4, 0.5) is 19.0 Å². The molecule has 0 aliphatic heterocycles. The van der Waals surface area contributed by atoms with Crippen molar-refractivity contribution in [2.24, 2.45) is 11.7 Å². The van der Waals surface area contributed by atoms with E-state index in [1.807, 2.05) is 12.1 Å². The van der Waals surface area contributed by atoms with Crippen LogP contribution in [0.2, 0.25) is 10.0 Å². The van der Waals surface area contributed by atoms with E-state index in [9.17, 15) is 18.0 Å². The van der Waals surface area contributed by atoms with E-state index in [1.165, 1.54) is 0 Å². The zero-order valence-corrected chi connectivity index (χ0v) is 19.5. The van der Waals surface area contributed by atoms with E-state index >= 15 is 0 Å². The van der Waals surface area contributed by atoms with Crippen molar-refractivity contribution in [3.8, 4) is 11.1 Å². The number of anilines is 1. The van der Waals surface area contributed by atoms with Gasteiger partial charge in [0.25, 0.3) is 0 Å². The largest absolute Gasteiger partial charge is 0.416 e. The van der Waals surface area contributed by atoms with Gasteiger partial charge in [-0.15, -0.1) is 0 Å². The molecule has 1 aliphatic rings. The van der Waals surface area contributed by atoms with Gasteiger partial charge >= 0.3 is 6.18 Å². The van der Waals surface area contributed by atoms with Gasteiger partial charge in [-0.1, -0.05) is 40.5 Å². The van der Waals surface area contributed by atoms with E-state index < -0.39 is 17.6 Å². The Morgan fingerprint density at radius 3 is 2.41 bits per heavy atom. The summed E-state index contributed by atoms with van der Waals surface area (Å²) in [4.78, 5) is 11.7. The quantitative estimate of drug-likeness (QED) is 0.368. The molecule has 180 valence electrons. The van der Waals surface area contributed by atoms with Gasteiger partial charge in [0.2, 0.25) is 5.91 Å². The maximum absolute atomic E-state index is 13.4. The molecule has 1 saturated carbocycles. The Balaban J connectivity index is 1.42. The number of primary amides is 1. The summed E-state index contributed by atoms with van der Waals surface area (Å²) < 4.78 is 45.2. The predicted octanol–water partition coefficient (Wildman–Crippen LogP) is 7.15. The molecule has 5 nitrogen and oxygen atoms in total. The van der Waals surface area contributed by atoms with Crippen molar-refractivity contribution in [3.05, 3.63) is 69.4 Å². The van der Waals surface area contributed by atoms with Crippen LogP contribution in [-0.2, 0) is 6.18 Å². The third-order valence-corrected chi connectivity index (χ3v) is 6.94. The number of amides is 1. The topological polar surface area (TPSA) is 81.2 Å². The number of hydrogen-bond donors (Lipinski definition) is 2. The average Bonchev–Trinajstić information content (AvgIpc) is 3.26. The molecular weight excluding hydrogens is 490 g/mol. The first-order valence-electron chi connectivity index (χ1n) is 10.8. The summed E-state index contributed by atoms with van der Waals surface area (Å²) in [5.41, 5.74) is 6.14. The SMILES string of the molecule is NC(=O)c1cc(C(F)(F)F)cc(C2CCC(CNc3nocc3-c3ccc(Cl)cc3)CC2)c1Cl. The van der Waals surface area contributed by atoms with Gasteiger partial charge in [-0.3, -0.25) is 4.79 Å². The van der Waals surface area contributed by atoms with Crippen LogP contribution in [0.5, 0.6) is 0 Å². The fourth-order valence-electron chi connectivity index (χ4n) is 4.40. The summed E-state index contributed by atoms with van der Waals surface area (Å²) in [5, 5.41) is 8.01. The summed E-state index contributed by atoms with van der Waals surface area (Å²) in [6.45, 7) is 0.642. The molecule has 1 heterocycles. The van der Waals surface area contributed by atoms with Gasteiger partial charge in [0, 0.05) is 11.6 Å². The molecule has 2 aromatic carbocycles. The zero-order chi connectivity index (χ0) is 24.5. The highest BCUT2D eigenvalue weighted by Crippen LogP contribution is 2.42. The molecule has 3 aromatic rings. The molecule has 3 N–H and O–H groups in total. The molecule has 0 radical (unpaired) electrons. The molecule has 0 atom stereocenters. The number of nitrogens with two attached hydrogens (primary N) is 1. The molecule has 10 heteroatoms. The summed E-state index contributed by atoms with van der Waals surface area (Å²) in [6, 6.07) is 9.11. The van der Waals surface area contributed by atoms with Crippen LogP contribution in [0.3, 0.4) is 0 Å². The molecular formula is C24H22Cl2F3N3O2. The monoisotopic (exact) mass is 511 g/mol. The van der Waals surface area contributed by atoms with Crippen molar-refractivity contribution < 1.29 is 22.5 Å². The van der Waals surface area contributed by atoms with Gasteiger partial charge in [0.15, 0.2) is 5.82 Å². The van der Waals surface area contributed by atoms with Crippen LogP contribution >= 0.6 is 23.2 Å². The molecule has 0 bridgehead atoms. The van der Waals surface area contributed by atoms with E-state index in [-0.39, 0.29) is 16.5 Å². The van der Waals surface area contributed by atoms with Crippen LogP contribution in [0.25, 0.3) is 11.1 Å². The summed E-state index contributed by atoms with van der Waals surface area (Å²) in [6.07, 6.45) is -0.171. The Morgan fingerprint density at radius 2 is 1.79 bits per heavy atom. The van der Waals surface area contributed by atoms with Crippen molar-refractivity contribution in [1.82, 2.24) is 5.16 Å². The lowest BCUT2D eigenvalue weighted by Crippen LogP contribution is -2.22. The number of benzene rings is 2. The van der Waals surface area contributed by atoms with Gasteiger partial charge in [-0.25, -0.2) is 0 Å². The number of nitrogens with one attached hydrogen (secondary N) is 1. The third kappa shape index (κ3) is 5.33. The first-order chi connectivity index (χ1) is 16.1. The molecule has 4 rings (SSSR count). The van der Waals surface area contributed by atoms with Gasteiger partial charge in [-0.2, -0.15) is 13.2 Å². The van der Waals surface area contributed by atoms with E-state index in [0.29, 0.717) is 41.7 Å². The third-order valence-electron chi connectivity index (χ3n) is 6.26. The summed E-state index contributed by atoms with van der Waals surface area (Å²) in [7, 11) is 0. The lowest BCUT2D eigenvalue weighted by molar-refractivity contribution is -0.137. The van der Waals surface area contributed by atoms with Gasteiger partial charge in [0.05, 0.1) is 21.7 Å². The Labute approximate surface area is 204 Å². The van der Waals surface area contributed by atoms with Crippen LogP contribution in [0.1, 0.15) is 53.1 Å². The van der Waals surface area contributed by atoms with E-state index in [1.54, 1.807) is 18.4 Å². The normalized spacial score (nSPS) is 18.6. The molecule has 1 aromatic heterocycles. The molecule has 1 fully saturated rings. The first kappa shape index (κ1) is 24.4.